The van der Waals surface area contributed by atoms with Gasteiger partial charge in [0.2, 0.25) is 5.91 Å². The molecule has 0 aliphatic heterocycles. The Morgan fingerprint density at radius 2 is 1.83 bits per heavy atom. The van der Waals surface area contributed by atoms with Gasteiger partial charge in [-0.05, 0) is 25.0 Å². The molecule has 0 radical (unpaired) electrons. The predicted molar refractivity (Wildman–Crippen MR) is 75.4 cm³/mol. The Morgan fingerprint density at radius 1 is 1.22 bits per heavy atom. The standard InChI is InChI=1S/C12H13Cl3N2O/c13-7-4-9(15)10(5-8(7)14)17-11(18)12(6-16)2-1-3-12/h4-5H,1-3,6,16H2,(H,17,18). The second-order valence-electron chi connectivity index (χ2n) is 4.54. The lowest BCUT2D eigenvalue weighted by molar-refractivity contribution is -0.129. The zero-order chi connectivity index (χ0) is 13.3. The molecule has 0 atom stereocenters. The van der Waals surface area contributed by atoms with Crippen LogP contribution in [0.3, 0.4) is 0 Å². The summed E-state index contributed by atoms with van der Waals surface area (Å²) in [7, 11) is 0. The molecule has 0 bridgehead atoms. The van der Waals surface area contributed by atoms with E-state index in [-0.39, 0.29) is 5.91 Å². The fraction of sp³-hybridized carbons (Fsp3) is 0.417. The van der Waals surface area contributed by atoms with Crippen LogP contribution in [0.2, 0.25) is 15.1 Å². The quantitative estimate of drug-likeness (QED) is 0.836. The van der Waals surface area contributed by atoms with E-state index < -0.39 is 5.41 Å². The van der Waals surface area contributed by atoms with E-state index in [0.29, 0.717) is 27.3 Å². The van der Waals surface area contributed by atoms with Gasteiger partial charge in [0, 0.05) is 6.54 Å². The molecule has 0 heterocycles. The fourth-order valence-electron chi connectivity index (χ4n) is 2.00. The molecule has 1 aliphatic rings. The van der Waals surface area contributed by atoms with Crippen LogP contribution in [0.25, 0.3) is 0 Å². The second-order valence-corrected chi connectivity index (χ2v) is 5.76. The molecule has 1 saturated carbocycles. The number of nitrogens with two attached hydrogens (primary N) is 1. The topological polar surface area (TPSA) is 55.1 Å². The van der Waals surface area contributed by atoms with Crippen LogP contribution in [0.15, 0.2) is 12.1 Å². The highest BCUT2D eigenvalue weighted by atomic mass is 35.5. The van der Waals surface area contributed by atoms with E-state index in [9.17, 15) is 4.79 Å². The summed E-state index contributed by atoms with van der Waals surface area (Å²) < 4.78 is 0. The number of hydrogen-bond donors (Lipinski definition) is 2. The van der Waals surface area contributed by atoms with E-state index in [2.05, 4.69) is 5.32 Å². The van der Waals surface area contributed by atoms with Gasteiger partial charge in [-0.25, -0.2) is 0 Å². The van der Waals surface area contributed by atoms with Gasteiger partial charge < -0.3 is 11.1 Å². The minimum absolute atomic E-state index is 0.100. The third kappa shape index (κ3) is 2.45. The lowest BCUT2D eigenvalue weighted by Crippen LogP contribution is -2.47. The molecule has 1 aliphatic carbocycles. The summed E-state index contributed by atoms with van der Waals surface area (Å²) in [5, 5.41) is 3.85. The largest absolute Gasteiger partial charge is 0.329 e. The molecule has 3 nitrogen and oxygen atoms in total. The number of carbonyl (C=O) groups excluding carboxylic acids is 1. The van der Waals surface area contributed by atoms with Crippen LogP contribution < -0.4 is 11.1 Å². The van der Waals surface area contributed by atoms with Gasteiger partial charge in [0.05, 0.1) is 26.2 Å². The van der Waals surface area contributed by atoms with Gasteiger partial charge in [-0.3, -0.25) is 4.79 Å². The molecule has 18 heavy (non-hydrogen) atoms. The lowest BCUT2D eigenvalue weighted by atomic mass is 9.68. The first kappa shape index (κ1) is 13.9. The Kier molecular flexibility index (Phi) is 4.07. The number of benzene rings is 1. The molecule has 1 aromatic carbocycles. The molecule has 6 heteroatoms. The van der Waals surface area contributed by atoms with Crippen LogP contribution in [0, 0.1) is 5.41 Å². The van der Waals surface area contributed by atoms with Crippen LogP contribution in [-0.2, 0) is 4.79 Å². The first-order valence-corrected chi connectivity index (χ1v) is 6.78. The predicted octanol–water partition coefficient (Wildman–Crippen LogP) is 3.71. The van der Waals surface area contributed by atoms with E-state index in [1.54, 1.807) is 6.07 Å². The average molecular weight is 308 g/mol. The Labute approximate surface area is 121 Å². The van der Waals surface area contributed by atoms with Crippen molar-refractivity contribution in [1.82, 2.24) is 0 Å². The molecule has 0 aromatic heterocycles. The number of hydrogen-bond acceptors (Lipinski definition) is 2. The van der Waals surface area contributed by atoms with Gasteiger partial charge in [0.1, 0.15) is 0 Å². The molecule has 0 spiro atoms. The van der Waals surface area contributed by atoms with Crippen molar-refractivity contribution in [1.29, 1.82) is 0 Å². The highest BCUT2D eigenvalue weighted by Crippen LogP contribution is 2.41. The monoisotopic (exact) mass is 306 g/mol. The maximum Gasteiger partial charge on any atom is 0.231 e. The molecule has 0 unspecified atom stereocenters. The summed E-state index contributed by atoms with van der Waals surface area (Å²) in [4.78, 5) is 12.2. The van der Waals surface area contributed by atoms with Crippen molar-refractivity contribution in [2.24, 2.45) is 11.1 Å². The Hall–Kier alpha value is -0.480. The first-order chi connectivity index (χ1) is 8.48. The number of rotatable bonds is 3. The van der Waals surface area contributed by atoms with E-state index >= 15 is 0 Å². The molecular formula is C12H13Cl3N2O. The van der Waals surface area contributed by atoms with Crippen molar-refractivity contribution in [3.05, 3.63) is 27.2 Å². The highest BCUT2D eigenvalue weighted by molar-refractivity contribution is 6.44. The van der Waals surface area contributed by atoms with Crippen LogP contribution in [0.4, 0.5) is 5.69 Å². The van der Waals surface area contributed by atoms with E-state index in [1.165, 1.54) is 6.07 Å². The molecule has 1 amide bonds. The van der Waals surface area contributed by atoms with Crippen molar-refractivity contribution in [2.75, 3.05) is 11.9 Å². The molecule has 1 aromatic rings. The van der Waals surface area contributed by atoms with E-state index in [0.717, 1.165) is 19.3 Å². The molecular weight excluding hydrogens is 295 g/mol. The fourth-order valence-corrected chi connectivity index (χ4v) is 2.59. The number of halogens is 3. The highest BCUT2D eigenvalue weighted by Gasteiger charge is 2.42. The van der Waals surface area contributed by atoms with E-state index in [1.807, 2.05) is 0 Å². The average Bonchev–Trinajstić information content (AvgIpc) is 2.25. The number of nitrogens with one attached hydrogen (secondary N) is 1. The normalized spacial score (nSPS) is 17.1. The van der Waals surface area contributed by atoms with Crippen molar-refractivity contribution in [3.63, 3.8) is 0 Å². The Morgan fingerprint density at radius 3 is 2.33 bits per heavy atom. The summed E-state index contributed by atoms with van der Waals surface area (Å²) in [6, 6.07) is 3.06. The first-order valence-electron chi connectivity index (χ1n) is 5.64. The summed E-state index contributed by atoms with van der Waals surface area (Å²) in [5.41, 5.74) is 5.69. The summed E-state index contributed by atoms with van der Waals surface area (Å²) >= 11 is 17.7. The third-order valence-electron chi connectivity index (χ3n) is 3.44. The molecule has 2 rings (SSSR count). The smallest absolute Gasteiger partial charge is 0.231 e. The number of carbonyl (C=O) groups is 1. The summed E-state index contributed by atoms with van der Waals surface area (Å²) in [5.74, 6) is -0.100. The Bertz CT molecular complexity index is 481. The third-order valence-corrected chi connectivity index (χ3v) is 4.48. The van der Waals surface area contributed by atoms with Crippen LogP contribution in [-0.4, -0.2) is 12.5 Å². The minimum atomic E-state index is -0.449. The van der Waals surface area contributed by atoms with Crippen molar-refractivity contribution in [2.45, 2.75) is 19.3 Å². The van der Waals surface area contributed by atoms with Gasteiger partial charge in [0.25, 0.3) is 0 Å². The maximum atomic E-state index is 12.2. The van der Waals surface area contributed by atoms with Gasteiger partial charge in [-0.15, -0.1) is 0 Å². The van der Waals surface area contributed by atoms with Gasteiger partial charge in [0.15, 0.2) is 0 Å². The summed E-state index contributed by atoms with van der Waals surface area (Å²) in [6.45, 7) is 0.345. The van der Waals surface area contributed by atoms with Gasteiger partial charge in [-0.2, -0.15) is 0 Å². The minimum Gasteiger partial charge on any atom is -0.329 e. The van der Waals surface area contributed by atoms with Crippen molar-refractivity contribution < 1.29 is 4.79 Å². The zero-order valence-electron chi connectivity index (χ0n) is 9.60. The molecule has 3 N–H and O–H groups in total. The van der Waals surface area contributed by atoms with Crippen LogP contribution >= 0.6 is 34.8 Å². The van der Waals surface area contributed by atoms with Gasteiger partial charge >= 0.3 is 0 Å². The van der Waals surface area contributed by atoms with Crippen LogP contribution in [0.1, 0.15) is 19.3 Å². The van der Waals surface area contributed by atoms with Crippen LogP contribution in [0.5, 0.6) is 0 Å². The zero-order valence-corrected chi connectivity index (χ0v) is 11.9. The van der Waals surface area contributed by atoms with Crippen molar-refractivity contribution in [3.8, 4) is 0 Å². The SMILES string of the molecule is NCC1(C(=O)Nc2cc(Cl)c(Cl)cc2Cl)CCC1. The second kappa shape index (κ2) is 5.25. The molecule has 98 valence electrons. The van der Waals surface area contributed by atoms with Crippen molar-refractivity contribution >= 4 is 46.4 Å². The lowest BCUT2D eigenvalue weighted by Gasteiger charge is -2.39. The Balaban J connectivity index is 2.19. The van der Waals surface area contributed by atoms with Gasteiger partial charge in [-0.1, -0.05) is 41.2 Å². The van der Waals surface area contributed by atoms with E-state index in [4.69, 9.17) is 40.5 Å². The number of amides is 1. The number of anilines is 1. The molecule has 0 saturated heterocycles. The summed E-state index contributed by atoms with van der Waals surface area (Å²) in [6.07, 6.45) is 2.66. The maximum absolute atomic E-state index is 12.2. The molecule has 1 fully saturated rings.